The van der Waals surface area contributed by atoms with Gasteiger partial charge in [0.05, 0.1) is 17.4 Å². The number of aromatic amines is 1. The highest BCUT2D eigenvalue weighted by Gasteiger charge is 2.38. The van der Waals surface area contributed by atoms with Gasteiger partial charge in [0.2, 0.25) is 0 Å². The summed E-state index contributed by atoms with van der Waals surface area (Å²) in [5.74, 6) is 0. The molecule has 1 unspecified atom stereocenters. The number of alkyl halides is 3. The molecule has 0 spiro atoms. The lowest BCUT2D eigenvalue weighted by molar-refractivity contribution is -0.141. The molecular weight excluding hydrogens is 213 g/mol. The van der Waals surface area contributed by atoms with Crippen LogP contribution >= 0.6 is 0 Å². The van der Waals surface area contributed by atoms with Gasteiger partial charge in [0.15, 0.2) is 12.0 Å². The molecule has 1 N–H and O–H groups in total. The molecule has 0 aliphatic rings. The highest BCUT2D eigenvalue weighted by molar-refractivity contribution is 5.78. The average Bonchev–Trinajstić information content (AvgIpc) is 2.59. The molecule has 0 bridgehead atoms. The van der Waals surface area contributed by atoms with Gasteiger partial charge in [-0.15, -0.1) is 0 Å². The predicted octanol–water partition coefficient (Wildman–Crippen LogP) is 1.95. The zero-order valence-corrected chi connectivity index (χ0v) is 8.05. The van der Waals surface area contributed by atoms with Gasteiger partial charge in [0, 0.05) is 7.11 Å². The highest BCUT2D eigenvalue weighted by Crippen LogP contribution is 2.32. The van der Waals surface area contributed by atoms with E-state index in [0.717, 1.165) is 0 Å². The van der Waals surface area contributed by atoms with Gasteiger partial charge in [0.1, 0.15) is 0 Å². The molecule has 7 heteroatoms. The molecule has 0 aliphatic heterocycles. The Balaban J connectivity index is 3.23. The van der Waals surface area contributed by atoms with Crippen molar-refractivity contribution < 1.29 is 22.7 Å². The Morgan fingerprint density at radius 3 is 2.53 bits per heavy atom. The van der Waals surface area contributed by atoms with Gasteiger partial charge in [0.25, 0.3) is 0 Å². The van der Waals surface area contributed by atoms with Crippen molar-refractivity contribution in [3.63, 3.8) is 0 Å². The third kappa shape index (κ3) is 2.17. The first-order chi connectivity index (χ1) is 6.91. The number of aldehydes is 1. The molecule has 0 aliphatic carbocycles. The van der Waals surface area contributed by atoms with Crippen LogP contribution in [0.5, 0.6) is 0 Å². The smallest absolute Gasteiger partial charge is 0.375 e. The molecule has 15 heavy (non-hydrogen) atoms. The van der Waals surface area contributed by atoms with E-state index in [1.807, 2.05) is 0 Å². The lowest BCUT2D eigenvalue weighted by Crippen LogP contribution is -2.09. The first kappa shape index (κ1) is 11.7. The zero-order chi connectivity index (χ0) is 11.6. The number of carbonyl (C=O) groups is 1. The van der Waals surface area contributed by atoms with Gasteiger partial charge in [-0.2, -0.15) is 18.3 Å². The van der Waals surface area contributed by atoms with Gasteiger partial charge in [-0.1, -0.05) is 0 Å². The first-order valence-electron chi connectivity index (χ1n) is 4.05. The topological polar surface area (TPSA) is 55.0 Å². The summed E-state index contributed by atoms with van der Waals surface area (Å²) in [6.07, 6.45) is -5.16. The maximum absolute atomic E-state index is 12.3. The fourth-order valence-corrected chi connectivity index (χ4v) is 1.13. The molecule has 0 radical (unpaired) electrons. The van der Waals surface area contributed by atoms with Crippen LogP contribution in [0.2, 0.25) is 0 Å². The van der Waals surface area contributed by atoms with Gasteiger partial charge in [-0.25, -0.2) is 0 Å². The number of nitrogens with one attached hydrogen (secondary N) is 1. The van der Waals surface area contributed by atoms with Crippen LogP contribution in [-0.2, 0) is 10.9 Å². The molecule has 1 aromatic rings. The van der Waals surface area contributed by atoms with Crippen LogP contribution in [-0.4, -0.2) is 23.6 Å². The van der Waals surface area contributed by atoms with Crippen molar-refractivity contribution in [3.05, 3.63) is 17.0 Å². The third-order valence-corrected chi connectivity index (χ3v) is 1.98. The molecule has 1 atom stereocenters. The SMILES string of the molecule is COC(C)c1[nH]nc(C(F)(F)F)c1C=O. The maximum Gasteiger partial charge on any atom is 0.435 e. The normalized spacial score (nSPS) is 13.9. The minimum absolute atomic E-state index is 0.0276. The number of halogens is 3. The van der Waals surface area contributed by atoms with Gasteiger partial charge < -0.3 is 4.74 Å². The molecule has 84 valence electrons. The number of ether oxygens (including phenoxy) is 1. The van der Waals surface area contributed by atoms with E-state index in [2.05, 4.69) is 10.2 Å². The van der Waals surface area contributed by atoms with E-state index < -0.39 is 23.5 Å². The summed E-state index contributed by atoms with van der Waals surface area (Å²) in [6, 6.07) is 0. The highest BCUT2D eigenvalue weighted by atomic mass is 19.4. The molecule has 0 fully saturated rings. The van der Waals surface area contributed by atoms with Crippen molar-refractivity contribution in [2.24, 2.45) is 0 Å². The monoisotopic (exact) mass is 222 g/mol. The quantitative estimate of drug-likeness (QED) is 0.795. The molecule has 1 aromatic heterocycles. The number of carbonyl (C=O) groups excluding carboxylic acids is 1. The molecule has 0 amide bonds. The van der Waals surface area contributed by atoms with Crippen LogP contribution in [0.3, 0.4) is 0 Å². The summed E-state index contributed by atoms with van der Waals surface area (Å²) in [4.78, 5) is 10.6. The maximum atomic E-state index is 12.3. The van der Waals surface area contributed by atoms with Crippen LogP contribution in [0.25, 0.3) is 0 Å². The van der Waals surface area contributed by atoms with E-state index in [0.29, 0.717) is 0 Å². The van der Waals surface area contributed by atoms with Crippen LogP contribution in [0.15, 0.2) is 0 Å². The van der Waals surface area contributed by atoms with Crippen molar-refractivity contribution in [1.29, 1.82) is 0 Å². The van der Waals surface area contributed by atoms with Crippen molar-refractivity contribution in [2.45, 2.75) is 19.2 Å². The van der Waals surface area contributed by atoms with E-state index in [1.54, 1.807) is 0 Å². The van der Waals surface area contributed by atoms with Crippen LogP contribution < -0.4 is 0 Å². The van der Waals surface area contributed by atoms with Gasteiger partial charge in [-0.3, -0.25) is 9.89 Å². The number of H-pyrrole nitrogens is 1. The van der Waals surface area contributed by atoms with E-state index >= 15 is 0 Å². The van der Waals surface area contributed by atoms with E-state index in [-0.39, 0.29) is 12.0 Å². The number of methoxy groups -OCH3 is 1. The Bertz CT molecular complexity index is 359. The second-order valence-corrected chi connectivity index (χ2v) is 2.89. The Hall–Kier alpha value is -1.37. The van der Waals surface area contributed by atoms with Crippen molar-refractivity contribution in [1.82, 2.24) is 10.2 Å². The Morgan fingerprint density at radius 1 is 1.53 bits per heavy atom. The Labute approximate surface area is 83.4 Å². The van der Waals surface area contributed by atoms with Crippen LogP contribution in [0.4, 0.5) is 13.2 Å². The molecule has 1 heterocycles. The molecular formula is C8H9F3N2O2. The first-order valence-corrected chi connectivity index (χ1v) is 4.05. The fourth-order valence-electron chi connectivity index (χ4n) is 1.13. The predicted molar refractivity (Wildman–Crippen MR) is 44.4 cm³/mol. The van der Waals surface area contributed by atoms with E-state index in [9.17, 15) is 18.0 Å². The summed E-state index contributed by atoms with van der Waals surface area (Å²) >= 11 is 0. The fraction of sp³-hybridized carbons (Fsp3) is 0.500. The standard InChI is InChI=1S/C8H9F3N2O2/c1-4(15-2)6-5(3-14)7(13-12-6)8(9,10)11/h3-4H,1-2H3,(H,12,13). The summed E-state index contributed by atoms with van der Waals surface area (Å²) in [7, 11) is 1.33. The minimum atomic E-state index is -4.64. The lowest BCUT2D eigenvalue weighted by atomic mass is 10.1. The number of rotatable bonds is 3. The number of hydrogen-bond donors (Lipinski definition) is 1. The molecule has 0 saturated carbocycles. The van der Waals surface area contributed by atoms with Crippen LogP contribution in [0.1, 0.15) is 34.8 Å². The zero-order valence-electron chi connectivity index (χ0n) is 8.05. The van der Waals surface area contributed by atoms with Crippen molar-refractivity contribution >= 4 is 6.29 Å². The second-order valence-electron chi connectivity index (χ2n) is 2.89. The molecule has 1 rings (SSSR count). The largest absolute Gasteiger partial charge is 0.435 e. The lowest BCUT2D eigenvalue weighted by Gasteiger charge is -2.07. The summed E-state index contributed by atoms with van der Waals surface area (Å²) < 4.78 is 41.8. The molecule has 4 nitrogen and oxygen atoms in total. The summed E-state index contributed by atoms with van der Waals surface area (Å²) in [5, 5.41) is 5.22. The van der Waals surface area contributed by atoms with Crippen molar-refractivity contribution in [2.75, 3.05) is 7.11 Å². The molecule has 0 saturated heterocycles. The van der Waals surface area contributed by atoms with Gasteiger partial charge in [-0.05, 0) is 6.92 Å². The third-order valence-electron chi connectivity index (χ3n) is 1.98. The van der Waals surface area contributed by atoms with Gasteiger partial charge >= 0.3 is 6.18 Å². The number of hydrogen-bond acceptors (Lipinski definition) is 3. The summed E-state index contributed by atoms with van der Waals surface area (Å²) in [5.41, 5.74) is -1.69. The number of aromatic nitrogens is 2. The summed E-state index contributed by atoms with van der Waals surface area (Å²) in [6.45, 7) is 1.51. The van der Waals surface area contributed by atoms with E-state index in [1.165, 1.54) is 14.0 Å². The number of nitrogens with zero attached hydrogens (tertiary/aromatic N) is 1. The minimum Gasteiger partial charge on any atom is -0.375 e. The molecule has 0 aromatic carbocycles. The second kappa shape index (κ2) is 4.01. The van der Waals surface area contributed by atoms with E-state index in [4.69, 9.17) is 4.74 Å². The Kier molecular flexibility index (Phi) is 3.13. The van der Waals surface area contributed by atoms with Crippen molar-refractivity contribution in [3.8, 4) is 0 Å². The average molecular weight is 222 g/mol. The Morgan fingerprint density at radius 2 is 2.13 bits per heavy atom. The van der Waals surface area contributed by atoms with Crippen LogP contribution in [0, 0.1) is 0 Å².